The van der Waals surface area contributed by atoms with Crippen LogP contribution in [0.2, 0.25) is 0 Å². The van der Waals surface area contributed by atoms with Gasteiger partial charge in [-0.15, -0.1) is 0 Å². The van der Waals surface area contributed by atoms with Crippen molar-refractivity contribution in [1.29, 1.82) is 0 Å². The standard InChI is InChI=1S/C22H28F3N5O2/c1-4-29(5-2)20(32)21(11-7-6-8-12-21)28-19(31)17-14-27-30(15(17)3)18-10-9-16(13-26-18)22(23,24)25/h9-10,13-14H,4-8,11-12H2,1-3H3,(H,28,31). The number of pyridine rings is 1. The van der Waals surface area contributed by atoms with Crippen molar-refractivity contribution in [2.45, 2.75) is 64.6 Å². The third-order valence-corrected chi connectivity index (χ3v) is 6.07. The first kappa shape index (κ1) is 23.7. The smallest absolute Gasteiger partial charge is 0.341 e. The fourth-order valence-electron chi connectivity index (χ4n) is 4.19. The summed E-state index contributed by atoms with van der Waals surface area (Å²) in [6, 6.07) is 2.13. The zero-order chi connectivity index (χ0) is 23.5. The van der Waals surface area contributed by atoms with Gasteiger partial charge < -0.3 is 10.2 Å². The monoisotopic (exact) mass is 451 g/mol. The molecule has 0 spiro atoms. The molecule has 2 aromatic rings. The van der Waals surface area contributed by atoms with Crippen molar-refractivity contribution in [2.75, 3.05) is 13.1 Å². The average molecular weight is 451 g/mol. The Balaban J connectivity index is 1.86. The van der Waals surface area contributed by atoms with E-state index in [0.717, 1.165) is 31.5 Å². The van der Waals surface area contributed by atoms with Gasteiger partial charge in [-0.2, -0.15) is 18.3 Å². The van der Waals surface area contributed by atoms with Gasteiger partial charge in [0.1, 0.15) is 5.54 Å². The quantitative estimate of drug-likeness (QED) is 0.723. The molecule has 2 aromatic heterocycles. The molecule has 3 rings (SSSR count). The van der Waals surface area contributed by atoms with Crippen LogP contribution in [0.3, 0.4) is 0 Å². The molecule has 0 radical (unpaired) electrons. The maximum absolute atomic E-state index is 13.3. The van der Waals surface area contributed by atoms with E-state index in [1.54, 1.807) is 11.8 Å². The number of aromatic nitrogens is 3. The van der Waals surface area contributed by atoms with Crippen molar-refractivity contribution in [3.8, 4) is 5.82 Å². The van der Waals surface area contributed by atoms with Crippen molar-refractivity contribution >= 4 is 11.8 Å². The highest BCUT2D eigenvalue weighted by atomic mass is 19.4. The van der Waals surface area contributed by atoms with E-state index in [1.165, 1.54) is 16.9 Å². The minimum atomic E-state index is -4.48. The molecule has 10 heteroatoms. The van der Waals surface area contributed by atoms with Gasteiger partial charge in [0, 0.05) is 19.3 Å². The number of alkyl halides is 3. The highest BCUT2D eigenvalue weighted by Crippen LogP contribution is 2.31. The lowest BCUT2D eigenvalue weighted by Crippen LogP contribution is -2.60. The molecule has 0 unspecified atom stereocenters. The van der Waals surface area contributed by atoms with Crippen LogP contribution < -0.4 is 5.32 Å². The first-order chi connectivity index (χ1) is 15.1. The second kappa shape index (κ2) is 9.30. The van der Waals surface area contributed by atoms with E-state index in [2.05, 4.69) is 15.4 Å². The van der Waals surface area contributed by atoms with E-state index in [4.69, 9.17) is 0 Å². The van der Waals surface area contributed by atoms with Crippen molar-refractivity contribution in [3.05, 3.63) is 41.3 Å². The van der Waals surface area contributed by atoms with E-state index < -0.39 is 23.2 Å². The number of hydrogen-bond acceptors (Lipinski definition) is 4. The number of nitrogens with one attached hydrogen (secondary N) is 1. The van der Waals surface area contributed by atoms with Crippen molar-refractivity contribution < 1.29 is 22.8 Å². The van der Waals surface area contributed by atoms with Crippen molar-refractivity contribution in [1.82, 2.24) is 25.0 Å². The molecule has 0 aliphatic heterocycles. The van der Waals surface area contributed by atoms with Crippen LogP contribution in [-0.4, -0.2) is 50.1 Å². The predicted octanol–water partition coefficient (Wildman–Crippen LogP) is 3.90. The second-order valence-electron chi connectivity index (χ2n) is 8.03. The summed E-state index contributed by atoms with van der Waals surface area (Å²) >= 11 is 0. The maximum atomic E-state index is 13.3. The highest BCUT2D eigenvalue weighted by molar-refractivity contribution is 6.00. The predicted molar refractivity (Wildman–Crippen MR) is 112 cm³/mol. The zero-order valence-electron chi connectivity index (χ0n) is 18.5. The van der Waals surface area contributed by atoms with Gasteiger partial charge in [-0.05, 0) is 45.7 Å². The molecule has 1 N–H and O–H groups in total. The summed E-state index contributed by atoms with van der Waals surface area (Å²) in [4.78, 5) is 32.0. The minimum Gasteiger partial charge on any atom is -0.341 e. The van der Waals surface area contributed by atoms with E-state index in [0.29, 0.717) is 31.6 Å². The number of amides is 2. The van der Waals surface area contributed by atoms with Crippen LogP contribution in [0, 0.1) is 6.92 Å². The first-order valence-corrected chi connectivity index (χ1v) is 10.8. The fraction of sp³-hybridized carbons (Fsp3) is 0.545. The SMILES string of the molecule is CCN(CC)C(=O)C1(NC(=O)c2cnn(-c3ccc(C(F)(F)F)cn3)c2C)CCCCC1. The number of likely N-dealkylation sites (N-methyl/N-ethyl adjacent to an activating group) is 1. The fourth-order valence-corrected chi connectivity index (χ4v) is 4.19. The number of hydrogen-bond donors (Lipinski definition) is 1. The molecule has 1 aliphatic rings. The van der Waals surface area contributed by atoms with Gasteiger partial charge in [0.25, 0.3) is 5.91 Å². The lowest BCUT2D eigenvalue weighted by molar-refractivity contribution is -0.139. The van der Waals surface area contributed by atoms with Gasteiger partial charge in [0.15, 0.2) is 5.82 Å². The van der Waals surface area contributed by atoms with Gasteiger partial charge >= 0.3 is 6.18 Å². The minimum absolute atomic E-state index is 0.0787. The Labute approximate surface area is 185 Å². The molecule has 0 aromatic carbocycles. The second-order valence-corrected chi connectivity index (χ2v) is 8.03. The number of halogens is 3. The summed E-state index contributed by atoms with van der Waals surface area (Å²) in [7, 11) is 0. The van der Waals surface area contributed by atoms with Crippen LogP contribution in [0.4, 0.5) is 13.2 Å². The number of nitrogens with zero attached hydrogens (tertiary/aromatic N) is 4. The molecule has 2 amide bonds. The van der Waals surface area contributed by atoms with Crippen LogP contribution >= 0.6 is 0 Å². The molecule has 0 saturated heterocycles. The number of carbonyl (C=O) groups is 2. The van der Waals surface area contributed by atoms with Gasteiger partial charge in [0.2, 0.25) is 5.91 Å². The Bertz CT molecular complexity index is 959. The van der Waals surface area contributed by atoms with E-state index in [-0.39, 0.29) is 17.3 Å². The van der Waals surface area contributed by atoms with Crippen LogP contribution in [0.1, 0.15) is 67.6 Å². The van der Waals surface area contributed by atoms with Crippen LogP contribution in [0.5, 0.6) is 0 Å². The average Bonchev–Trinajstić information content (AvgIpc) is 3.16. The van der Waals surface area contributed by atoms with Crippen LogP contribution in [0.25, 0.3) is 5.82 Å². The van der Waals surface area contributed by atoms with Gasteiger partial charge in [0.05, 0.1) is 23.0 Å². The van der Waals surface area contributed by atoms with E-state index >= 15 is 0 Å². The van der Waals surface area contributed by atoms with E-state index in [1.807, 2.05) is 13.8 Å². The summed E-state index contributed by atoms with van der Waals surface area (Å²) in [6.07, 6.45) is 1.45. The van der Waals surface area contributed by atoms with Gasteiger partial charge in [-0.1, -0.05) is 19.3 Å². The molecule has 32 heavy (non-hydrogen) atoms. The summed E-state index contributed by atoms with van der Waals surface area (Å²) < 4.78 is 39.7. The molecule has 7 nitrogen and oxygen atoms in total. The molecule has 1 fully saturated rings. The van der Waals surface area contributed by atoms with E-state index in [9.17, 15) is 22.8 Å². The summed E-state index contributed by atoms with van der Waals surface area (Å²) in [5.41, 5.74) is -1.14. The number of rotatable bonds is 6. The van der Waals surface area contributed by atoms with Gasteiger partial charge in [-0.3, -0.25) is 9.59 Å². The highest BCUT2D eigenvalue weighted by Gasteiger charge is 2.43. The molecule has 2 heterocycles. The third kappa shape index (κ3) is 4.63. The normalized spacial score (nSPS) is 15.9. The lowest BCUT2D eigenvalue weighted by Gasteiger charge is -2.40. The summed E-state index contributed by atoms with van der Waals surface area (Å²) in [5, 5.41) is 7.12. The van der Waals surface area contributed by atoms with Crippen LogP contribution in [-0.2, 0) is 11.0 Å². The molecule has 174 valence electrons. The maximum Gasteiger partial charge on any atom is 0.417 e. The molecule has 0 bridgehead atoms. The Kier molecular flexibility index (Phi) is 6.90. The van der Waals surface area contributed by atoms with Crippen molar-refractivity contribution in [2.24, 2.45) is 0 Å². The molecule has 1 aliphatic carbocycles. The van der Waals surface area contributed by atoms with Gasteiger partial charge in [-0.25, -0.2) is 9.67 Å². The Morgan fingerprint density at radius 1 is 1.12 bits per heavy atom. The molecule has 0 atom stereocenters. The summed E-state index contributed by atoms with van der Waals surface area (Å²) in [5.74, 6) is -0.339. The largest absolute Gasteiger partial charge is 0.417 e. The first-order valence-electron chi connectivity index (χ1n) is 10.8. The Hall–Kier alpha value is -2.91. The zero-order valence-corrected chi connectivity index (χ0v) is 18.5. The third-order valence-electron chi connectivity index (χ3n) is 6.07. The molecule has 1 saturated carbocycles. The Morgan fingerprint density at radius 2 is 1.78 bits per heavy atom. The Morgan fingerprint density at radius 3 is 2.31 bits per heavy atom. The van der Waals surface area contributed by atoms with Crippen molar-refractivity contribution in [3.63, 3.8) is 0 Å². The topological polar surface area (TPSA) is 80.1 Å². The number of carbonyl (C=O) groups excluding carboxylic acids is 2. The molecular weight excluding hydrogens is 423 g/mol. The lowest BCUT2D eigenvalue weighted by atomic mass is 9.80. The van der Waals surface area contributed by atoms with Crippen LogP contribution in [0.15, 0.2) is 24.5 Å². The molecular formula is C22H28F3N5O2. The summed E-state index contributed by atoms with van der Waals surface area (Å²) in [6.45, 7) is 6.57.